The molecular weight excluding hydrogens is 425 g/mol. The summed E-state index contributed by atoms with van der Waals surface area (Å²) in [4.78, 5) is 38.0. The molecule has 2 atom stereocenters. The van der Waals surface area contributed by atoms with Gasteiger partial charge in [0.05, 0.1) is 17.9 Å². The van der Waals surface area contributed by atoms with Crippen LogP contribution < -0.4 is 4.90 Å². The van der Waals surface area contributed by atoms with Gasteiger partial charge < -0.3 is 14.2 Å². The van der Waals surface area contributed by atoms with Crippen LogP contribution >= 0.6 is 11.8 Å². The number of aryl methyl sites for hydroxylation is 1. The second-order valence-corrected chi connectivity index (χ2v) is 8.13. The molecule has 0 N–H and O–H groups in total. The number of allylic oxidation sites excluding steroid dienone is 3. The Morgan fingerprint density at radius 3 is 2.68 bits per heavy atom. The Labute approximate surface area is 184 Å². The summed E-state index contributed by atoms with van der Waals surface area (Å²) in [5.41, 5.74) is 2.65. The van der Waals surface area contributed by atoms with Crippen molar-refractivity contribution in [2.75, 3.05) is 17.3 Å². The molecule has 1 aliphatic heterocycles. The van der Waals surface area contributed by atoms with Crippen LogP contribution in [0.2, 0.25) is 0 Å². The summed E-state index contributed by atoms with van der Waals surface area (Å²) in [5.74, 6) is -0.536. The number of anilines is 1. The fourth-order valence-corrected chi connectivity index (χ4v) is 4.61. The van der Waals surface area contributed by atoms with E-state index in [-0.39, 0.29) is 29.3 Å². The fourth-order valence-electron chi connectivity index (χ4n) is 3.38. The molecule has 31 heavy (non-hydrogen) atoms. The summed E-state index contributed by atoms with van der Waals surface area (Å²) in [6, 6.07) is 4.88. The molecule has 3 rings (SSSR count). The van der Waals surface area contributed by atoms with E-state index in [4.69, 9.17) is 9.47 Å². The van der Waals surface area contributed by atoms with E-state index < -0.39 is 18.4 Å². The van der Waals surface area contributed by atoms with Gasteiger partial charge in [-0.25, -0.2) is 14.0 Å². The normalized spacial score (nSPS) is 19.4. The van der Waals surface area contributed by atoms with Gasteiger partial charge in [0.1, 0.15) is 11.2 Å². The van der Waals surface area contributed by atoms with Crippen LogP contribution in [0.1, 0.15) is 42.6 Å². The second-order valence-electron chi connectivity index (χ2n) is 7.06. The lowest BCUT2D eigenvalue weighted by atomic mass is 10.0. The Bertz CT molecular complexity index is 944. The van der Waals surface area contributed by atoms with Crippen molar-refractivity contribution in [3.8, 4) is 0 Å². The van der Waals surface area contributed by atoms with Gasteiger partial charge in [-0.15, -0.1) is 11.8 Å². The number of rotatable bonds is 6. The zero-order valence-corrected chi connectivity index (χ0v) is 18.4. The number of thioether (sulfide) groups is 1. The van der Waals surface area contributed by atoms with Crippen molar-refractivity contribution in [2.45, 2.75) is 45.3 Å². The van der Waals surface area contributed by atoms with Gasteiger partial charge in [-0.2, -0.15) is 0 Å². The van der Waals surface area contributed by atoms with E-state index in [9.17, 15) is 18.8 Å². The van der Waals surface area contributed by atoms with E-state index in [0.717, 1.165) is 5.57 Å². The largest absolute Gasteiger partial charge is 0.511 e. The first-order chi connectivity index (χ1) is 14.8. The van der Waals surface area contributed by atoms with Crippen LogP contribution in [0.15, 0.2) is 41.8 Å². The molecule has 0 bridgehead atoms. The predicted octanol–water partition coefficient (Wildman–Crippen LogP) is 4.65. The molecule has 1 aromatic rings. The number of hydrogen-bond donors (Lipinski definition) is 0. The van der Waals surface area contributed by atoms with E-state index >= 15 is 0 Å². The Morgan fingerprint density at radius 1 is 1.26 bits per heavy atom. The van der Waals surface area contributed by atoms with Crippen molar-refractivity contribution in [2.24, 2.45) is 0 Å². The standard InChI is InChI=1S/C22H24FNO6S/c1-4-28-22(27)30-14(3)29-21(26)16-7-10-18(13(2)11-16)24-19(25)12-31-20(24)15-5-8-17(23)9-6-15/h5,7-8,10-11,14,20H,4,6,9,12H2,1-3H3. The maximum absolute atomic E-state index is 13.4. The van der Waals surface area contributed by atoms with Gasteiger partial charge in [-0.05, 0) is 55.7 Å². The lowest BCUT2D eigenvalue weighted by Gasteiger charge is -2.28. The number of hydrogen-bond acceptors (Lipinski definition) is 7. The molecule has 1 aromatic carbocycles. The van der Waals surface area contributed by atoms with Crippen LogP contribution in [0.3, 0.4) is 0 Å². The Hall–Kier alpha value is -2.81. The molecule has 1 amide bonds. The summed E-state index contributed by atoms with van der Waals surface area (Å²) in [5, 5.41) is -0.202. The lowest BCUT2D eigenvalue weighted by molar-refractivity contribution is -0.115. The molecule has 9 heteroatoms. The number of ether oxygens (including phenoxy) is 3. The molecule has 7 nitrogen and oxygen atoms in total. The summed E-state index contributed by atoms with van der Waals surface area (Å²) >= 11 is 1.50. The molecule has 1 fully saturated rings. The molecular formula is C22H24FNO6S. The van der Waals surface area contributed by atoms with Gasteiger partial charge >= 0.3 is 12.1 Å². The smallest absolute Gasteiger partial charge is 0.435 e. The van der Waals surface area contributed by atoms with Crippen LogP contribution in [-0.2, 0) is 19.0 Å². The molecule has 0 radical (unpaired) electrons. The van der Waals surface area contributed by atoms with Gasteiger partial charge in [0.15, 0.2) is 0 Å². The average molecular weight is 450 g/mol. The highest BCUT2D eigenvalue weighted by molar-refractivity contribution is 8.01. The molecule has 166 valence electrons. The van der Waals surface area contributed by atoms with Crippen molar-refractivity contribution >= 4 is 35.5 Å². The SMILES string of the molecule is CCOC(=O)OC(C)OC(=O)c1ccc(N2C(=O)CSC2C2=CC=C(F)CC2)c(C)c1. The number of amides is 1. The minimum absolute atomic E-state index is 0.0409. The molecule has 2 aliphatic rings. The van der Waals surface area contributed by atoms with Crippen molar-refractivity contribution in [3.05, 3.63) is 52.9 Å². The van der Waals surface area contributed by atoms with Gasteiger partial charge in [0.2, 0.25) is 12.2 Å². The third kappa shape index (κ3) is 5.46. The fraction of sp³-hybridized carbons (Fsp3) is 0.409. The monoisotopic (exact) mass is 449 g/mol. The topological polar surface area (TPSA) is 82.1 Å². The van der Waals surface area contributed by atoms with Crippen LogP contribution in [0.4, 0.5) is 14.9 Å². The van der Waals surface area contributed by atoms with E-state index in [2.05, 4.69) is 4.74 Å². The second kappa shape index (κ2) is 10.00. The van der Waals surface area contributed by atoms with E-state index in [0.29, 0.717) is 29.8 Å². The zero-order valence-electron chi connectivity index (χ0n) is 17.6. The highest BCUT2D eigenvalue weighted by Gasteiger charge is 2.36. The Balaban J connectivity index is 1.74. The maximum atomic E-state index is 13.4. The number of carbonyl (C=O) groups excluding carboxylic acids is 3. The molecule has 1 aliphatic carbocycles. The van der Waals surface area contributed by atoms with E-state index in [1.54, 1.807) is 43.0 Å². The first-order valence-corrected chi connectivity index (χ1v) is 11.0. The van der Waals surface area contributed by atoms with Crippen molar-refractivity contribution < 1.29 is 33.0 Å². The molecule has 0 aromatic heterocycles. The lowest BCUT2D eigenvalue weighted by Crippen LogP contribution is -2.34. The van der Waals surface area contributed by atoms with Crippen LogP contribution in [0.5, 0.6) is 0 Å². The van der Waals surface area contributed by atoms with Gasteiger partial charge in [-0.3, -0.25) is 9.69 Å². The van der Waals surface area contributed by atoms with Crippen molar-refractivity contribution in [1.29, 1.82) is 0 Å². The van der Waals surface area contributed by atoms with Gasteiger partial charge in [0.25, 0.3) is 0 Å². The van der Waals surface area contributed by atoms with E-state index in [1.807, 2.05) is 0 Å². The molecule has 1 heterocycles. The number of nitrogens with zero attached hydrogens (tertiary/aromatic N) is 1. The summed E-state index contributed by atoms with van der Waals surface area (Å²) in [6.07, 6.45) is 2.06. The van der Waals surface area contributed by atoms with Crippen LogP contribution in [0.25, 0.3) is 0 Å². The highest BCUT2D eigenvalue weighted by Crippen LogP contribution is 2.39. The van der Waals surface area contributed by atoms with E-state index in [1.165, 1.54) is 24.8 Å². The minimum Gasteiger partial charge on any atom is -0.435 e. The number of halogens is 1. The predicted molar refractivity (Wildman–Crippen MR) is 114 cm³/mol. The summed E-state index contributed by atoms with van der Waals surface area (Å²) < 4.78 is 28.0. The maximum Gasteiger partial charge on any atom is 0.511 e. The molecule has 0 spiro atoms. The third-order valence-electron chi connectivity index (χ3n) is 4.81. The number of benzene rings is 1. The van der Waals surface area contributed by atoms with Crippen LogP contribution in [0, 0.1) is 6.92 Å². The summed E-state index contributed by atoms with van der Waals surface area (Å²) in [6.45, 7) is 5.00. The molecule has 0 saturated carbocycles. The Kier molecular flexibility index (Phi) is 7.37. The third-order valence-corrected chi connectivity index (χ3v) is 6.05. The number of carbonyl (C=O) groups is 3. The van der Waals surface area contributed by atoms with Gasteiger partial charge in [0, 0.05) is 19.0 Å². The first-order valence-electron chi connectivity index (χ1n) is 9.94. The van der Waals surface area contributed by atoms with Crippen molar-refractivity contribution in [3.63, 3.8) is 0 Å². The minimum atomic E-state index is -1.11. The first kappa shape index (κ1) is 22.9. The highest BCUT2D eigenvalue weighted by atomic mass is 32.2. The van der Waals surface area contributed by atoms with Crippen LogP contribution in [-0.4, -0.2) is 42.1 Å². The molecule has 1 saturated heterocycles. The van der Waals surface area contributed by atoms with Gasteiger partial charge in [-0.1, -0.05) is 6.08 Å². The number of esters is 1. The molecule has 2 unspecified atom stereocenters. The average Bonchev–Trinajstić information content (AvgIpc) is 3.09. The van der Waals surface area contributed by atoms with Crippen molar-refractivity contribution in [1.82, 2.24) is 0 Å². The quantitative estimate of drug-likeness (QED) is 0.462. The Morgan fingerprint density at radius 2 is 2.03 bits per heavy atom. The summed E-state index contributed by atoms with van der Waals surface area (Å²) in [7, 11) is 0. The zero-order chi connectivity index (χ0) is 22.5.